The van der Waals surface area contributed by atoms with Crippen molar-refractivity contribution in [2.24, 2.45) is 0 Å². The summed E-state index contributed by atoms with van der Waals surface area (Å²) in [5.74, 6) is 1.62. The van der Waals surface area contributed by atoms with Gasteiger partial charge in [0.1, 0.15) is 5.82 Å². The highest BCUT2D eigenvalue weighted by molar-refractivity contribution is 5.78. The molecule has 9 rings (SSSR count). The van der Waals surface area contributed by atoms with Crippen LogP contribution < -0.4 is 15.5 Å². The van der Waals surface area contributed by atoms with Gasteiger partial charge in [-0.2, -0.15) is 0 Å². The summed E-state index contributed by atoms with van der Waals surface area (Å²) in [6.45, 7) is 6.66. The molecule has 9 nitrogen and oxygen atoms in total. The number of nitrogens with zero attached hydrogens (tertiary/aromatic N) is 6. The number of amides is 1. The Bertz CT molecular complexity index is 1210. The Labute approximate surface area is 211 Å². The van der Waals surface area contributed by atoms with E-state index < -0.39 is 0 Å². The number of benzene rings is 1. The molecule has 1 unspecified atom stereocenters. The molecule has 186 valence electrons. The number of pyridine rings is 1. The van der Waals surface area contributed by atoms with E-state index in [2.05, 4.69) is 60.6 Å². The lowest BCUT2D eigenvalue weighted by Gasteiger charge is -2.34. The first kappa shape index (κ1) is 22.9. The highest BCUT2D eigenvalue weighted by Gasteiger charge is 2.27. The number of carbonyl (C=O) groups excluding carboxylic acids is 1. The zero-order chi connectivity index (χ0) is 24.3. The summed E-state index contributed by atoms with van der Waals surface area (Å²) in [5, 5.41) is 6.55. The third kappa shape index (κ3) is 5.17. The molecule has 2 fully saturated rings. The Morgan fingerprint density at radius 1 is 0.917 bits per heavy atom. The predicted octanol–water partition coefficient (Wildman–Crippen LogP) is 2.50. The highest BCUT2D eigenvalue weighted by atomic mass is 16.2. The van der Waals surface area contributed by atoms with E-state index in [-0.39, 0.29) is 11.9 Å². The van der Waals surface area contributed by atoms with Crippen LogP contribution in [0.2, 0.25) is 0 Å². The summed E-state index contributed by atoms with van der Waals surface area (Å²) < 4.78 is 0. The normalized spacial score (nSPS) is 24.3. The van der Waals surface area contributed by atoms with Crippen molar-refractivity contribution in [1.29, 1.82) is 0 Å². The minimum Gasteiger partial charge on any atom is -0.353 e. The summed E-state index contributed by atoms with van der Waals surface area (Å²) in [4.78, 5) is 33.7. The molecule has 8 bridgehead atoms. The van der Waals surface area contributed by atoms with Gasteiger partial charge >= 0.3 is 0 Å². The van der Waals surface area contributed by atoms with Crippen LogP contribution in [0.25, 0.3) is 11.3 Å². The van der Waals surface area contributed by atoms with Crippen molar-refractivity contribution in [3.05, 3.63) is 60.4 Å². The van der Waals surface area contributed by atoms with E-state index in [0.717, 1.165) is 74.9 Å². The van der Waals surface area contributed by atoms with Crippen LogP contribution in [0.3, 0.4) is 0 Å². The maximum atomic E-state index is 12.7. The molecule has 0 saturated carbocycles. The summed E-state index contributed by atoms with van der Waals surface area (Å²) in [6.07, 6.45) is 5.82. The summed E-state index contributed by atoms with van der Waals surface area (Å²) in [7, 11) is 0. The molecule has 1 amide bonds. The molecule has 2 saturated heterocycles. The molecule has 2 aromatic heterocycles. The van der Waals surface area contributed by atoms with Gasteiger partial charge in [0.25, 0.3) is 0 Å². The van der Waals surface area contributed by atoms with Crippen LogP contribution in [0.5, 0.6) is 0 Å². The second kappa shape index (κ2) is 10.2. The first-order valence-electron chi connectivity index (χ1n) is 12.8. The highest BCUT2D eigenvalue weighted by Crippen LogP contribution is 2.26. The van der Waals surface area contributed by atoms with Crippen molar-refractivity contribution in [1.82, 2.24) is 30.1 Å². The van der Waals surface area contributed by atoms with Crippen molar-refractivity contribution >= 4 is 23.4 Å². The molecule has 1 atom stereocenters. The molecular formula is C27H32N8O. The van der Waals surface area contributed by atoms with E-state index in [1.807, 2.05) is 18.3 Å². The van der Waals surface area contributed by atoms with Gasteiger partial charge in [0.2, 0.25) is 11.9 Å². The second-order valence-corrected chi connectivity index (χ2v) is 9.84. The van der Waals surface area contributed by atoms with E-state index in [1.54, 1.807) is 6.20 Å². The van der Waals surface area contributed by atoms with E-state index in [0.29, 0.717) is 19.0 Å². The molecule has 9 heteroatoms. The van der Waals surface area contributed by atoms with Gasteiger partial charge in [0, 0.05) is 75.5 Å². The number of anilines is 3. The van der Waals surface area contributed by atoms with Crippen LogP contribution in [0.4, 0.5) is 17.5 Å². The number of hydrogen-bond donors (Lipinski definition) is 2. The quantitative estimate of drug-likeness (QED) is 0.503. The van der Waals surface area contributed by atoms with E-state index in [1.165, 1.54) is 5.56 Å². The minimum atomic E-state index is 0.110. The molecule has 0 radical (unpaired) electrons. The monoisotopic (exact) mass is 484 g/mol. The first-order chi connectivity index (χ1) is 17.7. The number of nitrogens with one attached hydrogen (secondary N) is 2. The van der Waals surface area contributed by atoms with E-state index >= 15 is 0 Å². The van der Waals surface area contributed by atoms with E-state index in [4.69, 9.17) is 9.97 Å². The Hall–Kier alpha value is -3.56. The number of aromatic nitrogens is 3. The molecular weight excluding hydrogens is 452 g/mol. The van der Waals surface area contributed by atoms with Gasteiger partial charge < -0.3 is 15.5 Å². The van der Waals surface area contributed by atoms with Crippen LogP contribution >= 0.6 is 0 Å². The number of piperazine rings is 1. The van der Waals surface area contributed by atoms with Gasteiger partial charge in [0.05, 0.1) is 12.2 Å². The molecule has 0 spiro atoms. The molecule has 6 aliphatic heterocycles. The average Bonchev–Trinajstić information content (AvgIpc) is 3.37. The molecule has 0 aliphatic carbocycles. The van der Waals surface area contributed by atoms with Crippen LogP contribution in [0.1, 0.15) is 18.4 Å². The van der Waals surface area contributed by atoms with Crippen molar-refractivity contribution < 1.29 is 4.79 Å². The Morgan fingerprint density at radius 2 is 1.78 bits per heavy atom. The van der Waals surface area contributed by atoms with Crippen LogP contribution in [-0.2, 0) is 11.3 Å². The zero-order valence-corrected chi connectivity index (χ0v) is 20.4. The summed E-state index contributed by atoms with van der Waals surface area (Å²) >= 11 is 0. The van der Waals surface area contributed by atoms with Crippen molar-refractivity contribution in [2.45, 2.75) is 25.4 Å². The van der Waals surface area contributed by atoms with Gasteiger partial charge in [-0.25, -0.2) is 15.0 Å². The molecule has 6 aliphatic rings. The fourth-order valence-corrected chi connectivity index (χ4v) is 5.37. The number of carbonyl (C=O) groups is 1. The average molecular weight is 485 g/mol. The lowest BCUT2D eigenvalue weighted by molar-refractivity contribution is -0.122. The number of rotatable bonds is 0. The lowest BCUT2D eigenvalue weighted by Crippen LogP contribution is -2.50. The van der Waals surface area contributed by atoms with Crippen molar-refractivity contribution in [3.63, 3.8) is 0 Å². The smallest absolute Gasteiger partial charge is 0.234 e. The minimum absolute atomic E-state index is 0.110. The van der Waals surface area contributed by atoms with Gasteiger partial charge in [-0.1, -0.05) is 12.1 Å². The molecule has 2 N–H and O–H groups in total. The number of hydrogen-bond acceptors (Lipinski definition) is 8. The maximum Gasteiger partial charge on any atom is 0.234 e. The SMILES string of the molecule is O=C1CN2CCN(CC2)Cc2cccc(c2)Nc2nccc(n2)-c2ccc(nc2)N2CCCC2CN1. The molecule has 1 aromatic carbocycles. The van der Waals surface area contributed by atoms with Crippen molar-refractivity contribution in [3.8, 4) is 11.3 Å². The summed E-state index contributed by atoms with van der Waals surface area (Å²) in [5.41, 5.74) is 3.98. The first-order valence-corrected chi connectivity index (χ1v) is 12.8. The van der Waals surface area contributed by atoms with E-state index in [9.17, 15) is 4.79 Å². The zero-order valence-electron chi connectivity index (χ0n) is 20.4. The standard InChI is InChI=1S/C27H32N8O/c36-26-19-34-13-11-33(12-14-34)18-20-3-1-4-22(15-20)31-27-28-9-8-24(32-27)21-6-7-25(29-16-21)35-10-2-5-23(35)17-30-26/h1,3-4,6-9,15-16,23H,2,5,10-14,17-19H2,(H,30,36)(H,28,31,32). The lowest BCUT2D eigenvalue weighted by atomic mass is 10.1. The largest absolute Gasteiger partial charge is 0.353 e. The van der Waals surface area contributed by atoms with Crippen LogP contribution in [0, 0.1) is 0 Å². The Morgan fingerprint density at radius 3 is 2.61 bits per heavy atom. The van der Waals surface area contributed by atoms with Gasteiger partial charge in [0.15, 0.2) is 0 Å². The third-order valence-electron chi connectivity index (χ3n) is 7.33. The second-order valence-electron chi connectivity index (χ2n) is 9.84. The molecule has 3 aromatic rings. The predicted molar refractivity (Wildman–Crippen MR) is 140 cm³/mol. The van der Waals surface area contributed by atoms with Crippen LogP contribution in [0.15, 0.2) is 54.9 Å². The maximum absolute atomic E-state index is 12.7. The van der Waals surface area contributed by atoms with Gasteiger partial charge in [-0.15, -0.1) is 0 Å². The molecule has 36 heavy (non-hydrogen) atoms. The third-order valence-corrected chi connectivity index (χ3v) is 7.33. The van der Waals surface area contributed by atoms with Crippen LogP contribution in [-0.4, -0.2) is 82.5 Å². The fraction of sp³-hybridized carbons (Fsp3) is 0.407. The topological polar surface area (TPSA) is 89.5 Å². The Balaban J connectivity index is 1.28. The van der Waals surface area contributed by atoms with Crippen molar-refractivity contribution in [2.75, 3.05) is 56.0 Å². The Kier molecular flexibility index (Phi) is 6.48. The van der Waals surface area contributed by atoms with Gasteiger partial charge in [-0.05, 0) is 48.7 Å². The summed E-state index contributed by atoms with van der Waals surface area (Å²) in [6, 6.07) is 14.7. The fourth-order valence-electron chi connectivity index (χ4n) is 5.37. The van der Waals surface area contributed by atoms with Gasteiger partial charge in [-0.3, -0.25) is 14.6 Å². The molecule has 8 heterocycles.